The van der Waals surface area contributed by atoms with Crippen LogP contribution in [0.25, 0.3) is 0 Å². The number of para-hydroxylation sites is 1. The highest BCUT2D eigenvalue weighted by molar-refractivity contribution is 6.07. The van der Waals surface area contributed by atoms with Crippen LogP contribution in [0.4, 0.5) is 11.4 Å². The summed E-state index contributed by atoms with van der Waals surface area (Å²) in [5.41, 5.74) is 3.17. The zero-order chi connectivity index (χ0) is 20.8. The summed E-state index contributed by atoms with van der Waals surface area (Å²) in [6, 6.07) is 20.6. The van der Waals surface area contributed by atoms with Crippen molar-refractivity contribution in [1.29, 1.82) is 5.26 Å². The number of nitriles is 1. The van der Waals surface area contributed by atoms with Gasteiger partial charge >= 0.3 is 0 Å². The van der Waals surface area contributed by atoms with Crippen LogP contribution in [0.2, 0.25) is 0 Å². The average Bonchev–Trinajstić information content (AvgIpc) is 2.74. The molecule has 0 saturated carbocycles. The van der Waals surface area contributed by atoms with Gasteiger partial charge in [-0.15, -0.1) is 0 Å². The number of carbonyl (C=O) groups excluding carboxylic acids is 2. The molecule has 144 valence electrons. The number of carbonyl (C=O) groups is 2. The van der Waals surface area contributed by atoms with Gasteiger partial charge in [0.1, 0.15) is 11.8 Å². The smallest absolute Gasteiger partial charge is 0.255 e. The Morgan fingerprint density at radius 1 is 0.862 bits per heavy atom. The molecule has 6 nitrogen and oxygen atoms in total. The van der Waals surface area contributed by atoms with E-state index in [9.17, 15) is 9.59 Å². The van der Waals surface area contributed by atoms with Gasteiger partial charge in [0.15, 0.2) is 0 Å². The number of rotatable bonds is 5. The Kier molecular flexibility index (Phi) is 5.91. The molecule has 0 fully saturated rings. The van der Waals surface area contributed by atoms with E-state index in [1.807, 2.05) is 25.1 Å². The molecule has 0 saturated heterocycles. The molecule has 0 spiro atoms. The molecule has 6 heteroatoms. The maximum Gasteiger partial charge on any atom is 0.255 e. The third-order valence-electron chi connectivity index (χ3n) is 4.31. The first-order valence-electron chi connectivity index (χ1n) is 8.88. The van der Waals surface area contributed by atoms with Crippen LogP contribution in [0.1, 0.15) is 31.8 Å². The number of anilines is 2. The molecular formula is C23H19N3O3. The quantitative estimate of drug-likeness (QED) is 0.682. The van der Waals surface area contributed by atoms with E-state index in [1.165, 1.54) is 7.11 Å². The second kappa shape index (κ2) is 8.72. The van der Waals surface area contributed by atoms with Crippen molar-refractivity contribution in [3.05, 3.63) is 89.0 Å². The minimum Gasteiger partial charge on any atom is -0.495 e. The molecule has 0 aliphatic carbocycles. The molecule has 29 heavy (non-hydrogen) atoms. The second-order valence-electron chi connectivity index (χ2n) is 6.35. The Balaban J connectivity index is 1.73. The van der Waals surface area contributed by atoms with Gasteiger partial charge in [-0.05, 0) is 61.0 Å². The van der Waals surface area contributed by atoms with Gasteiger partial charge in [-0.25, -0.2) is 0 Å². The summed E-state index contributed by atoms with van der Waals surface area (Å²) in [4.78, 5) is 25.0. The molecule has 3 aromatic rings. The fourth-order valence-corrected chi connectivity index (χ4v) is 2.77. The summed E-state index contributed by atoms with van der Waals surface area (Å²) >= 11 is 0. The molecule has 0 radical (unpaired) electrons. The van der Waals surface area contributed by atoms with Crippen molar-refractivity contribution in [3.8, 4) is 11.8 Å². The van der Waals surface area contributed by atoms with Crippen molar-refractivity contribution < 1.29 is 14.3 Å². The molecule has 0 unspecified atom stereocenters. The zero-order valence-electron chi connectivity index (χ0n) is 16.0. The fraction of sp³-hybridized carbons (Fsp3) is 0.0870. The number of amides is 2. The Morgan fingerprint density at radius 3 is 2.03 bits per heavy atom. The van der Waals surface area contributed by atoms with Gasteiger partial charge in [0, 0.05) is 11.1 Å². The minimum absolute atomic E-state index is 0.310. The number of benzene rings is 3. The summed E-state index contributed by atoms with van der Waals surface area (Å²) in [7, 11) is 1.54. The van der Waals surface area contributed by atoms with Crippen LogP contribution < -0.4 is 15.4 Å². The van der Waals surface area contributed by atoms with Crippen molar-refractivity contribution >= 4 is 23.2 Å². The van der Waals surface area contributed by atoms with Gasteiger partial charge in [-0.2, -0.15) is 5.26 Å². The van der Waals surface area contributed by atoms with Crippen LogP contribution in [0, 0.1) is 18.3 Å². The molecular weight excluding hydrogens is 366 g/mol. The van der Waals surface area contributed by atoms with Crippen molar-refractivity contribution in [1.82, 2.24) is 0 Å². The number of aryl methyl sites for hydroxylation is 1. The minimum atomic E-state index is -0.361. The topological polar surface area (TPSA) is 91.2 Å². The largest absolute Gasteiger partial charge is 0.495 e. The van der Waals surface area contributed by atoms with Gasteiger partial charge in [0.2, 0.25) is 0 Å². The molecule has 3 aromatic carbocycles. The number of ether oxygens (including phenoxy) is 1. The lowest BCUT2D eigenvalue weighted by molar-refractivity contribution is 0.101. The summed E-state index contributed by atoms with van der Waals surface area (Å²) in [6.07, 6.45) is 0. The first kappa shape index (κ1) is 19.6. The van der Waals surface area contributed by atoms with E-state index in [4.69, 9.17) is 10.00 Å². The average molecular weight is 385 g/mol. The van der Waals surface area contributed by atoms with E-state index in [0.717, 1.165) is 5.56 Å². The van der Waals surface area contributed by atoms with Gasteiger partial charge < -0.3 is 15.4 Å². The molecule has 0 aliphatic rings. The standard InChI is InChI=1S/C23H19N3O3/c1-15-7-12-21(29-2)20(13-15)26-23(28)17-10-8-16(9-11-17)22(27)25-19-6-4-3-5-18(19)14-24/h3-13H,1-2H3,(H,25,27)(H,26,28). The molecule has 0 atom stereocenters. The SMILES string of the molecule is COc1ccc(C)cc1NC(=O)c1ccc(C(=O)Nc2ccccc2C#N)cc1. The highest BCUT2D eigenvalue weighted by Crippen LogP contribution is 2.25. The Labute approximate surface area is 168 Å². The lowest BCUT2D eigenvalue weighted by Gasteiger charge is -2.11. The van der Waals surface area contributed by atoms with Crippen LogP contribution in [-0.4, -0.2) is 18.9 Å². The van der Waals surface area contributed by atoms with E-state index in [-0.39, 0.29) is 11.8 Å². The number of nitrogens with zero attached hydrogens (tertiary/aromatic N) is 1. The first-order valence-corrected chi connectivity index (χ1v) is 8.88. The van der Waals surface area contributed by atoms with Crippen LogP contribution >= 0.6 is 0 Å². The number of hydrogen-bond acceptors (Lipinski definition) is 4. The van der Waals surface area contributed by atoms with Crippen molar-refractivity contribution in [2.45, 2.75) is 6.92 Å². The number of hydrogen-bond donors (Lipinski definition) is 2. The summed E-state index contributed by atoms with van der Waals surface area (Å²) < 4.78 is 5.27. The second-order valence-corrected chi connectivity index (χ2v) is 6.35. The molecule has 0 heterocycles. The van der Waals surface area contributed by atoms with E-state index >= 15 is 0 Å². The Hall–Kier alpha value is -4.11. The normalized spacial score (nSPS) is 9.97. The van der Waals surface area contributed by atoms with E-state index in [1.54, 1.807) is 54.6 Å². The molecule has 0 bridgehead atoms. The monoisotopic (exact) mass is 385 g/mol. The van der Waals surface area contributed by atoms with Crippen LogP contribution in [0.3, 0.4) is 0 Å². The predicted octanol–water partition coefficient (Wildman–Crippen LogP) is 4.38. The van der Waals surface area contributed by atoms with Crippen LogP contribution in [0.5, 0.6) is 5.75 Å². The van der Waals surface area contributed by atoms with Crippen LogP contribution in [0.15, 0.2) is 66.7 Å². The summed E-state index contributed by atoms with van der Waals surface area (Å²) in [6.45, 7) is 1.92. The third-order valence-corrected chi connectivity index (χ3v) is 4.31. The highest BCUT2D eigenvalue weighted by Gasteiger charge is 2.13. The third kappa shape index (κ3) is 4.60. The van der Waals surface area contributed by atoms with Gasteiger partial charge in [-0.1, -0.05) is 18.2 Å². The summed E-state index contributed by atoms with van der Waals surface area (Å²) in [5.74, 6) is -0.105. The van der Waals surface area contributed by atoms with Crippen molar-refractivity contribution in [2.75, 3.05) is 17.7 Å². The molecule has 0 aliphatic heterocycles. The van der Waals surface area contributed by atoms with E-state index < -0.39 is 0 Å². The molecule has 0 aromatic heterocycles. The van der Waals surface area contributed by atoms with Crippen molar-refractivity contribution in [3.63, 3.8) is 0 Å². The maximum absolute atomic E-state index is 12.5. The number of nitrogens with one attached hydrogen (secondary N) is 2. The van der Waals surface area contributed by atoms with Gasteiger partial charge in [-0.3, -0.25) is 9.59 Å². The van der Waals surface area contributed by atoms with Crippen molar-refractivity contribution in [2.24, 2.45) is 0 Å². The maximum atomic E-state index is 12.5. The number of methoxy groups -OCH3 is 1. The lowest BCUT2D eigenvalue weighted by atomic mass is 10.1. The Morgan fingerprint density at radius 2 is 1.45 bits per heavy atom. The molecule has 2 N–H and O–H groups in total. The predicted molar refractivity (Wildman–Crippen MR) is 111 cm³/mol. The molecule has 2 amide bonds. The Bertz CT molecular complexity index is 1100. The lowest BCUT2D eigenvalue weighted by Crippen LogP contribution is -2.15. The first-order chi connectivity index (χ1) is 14.0. The fourth-order valence-electron chi connectivity index (χ4n) is 2.77. The molecule has 3 rings (SSSR count). The summed E-state index contributed by atoms with van der Waals surface area (Å²) in [5, 5.41) is 14.7. The van der Waals surface area contributed by atoms with Gasteiger partial charge in [0.25, 0.3) is 11.8 Å². The zero-order valence-corrected chi connectivity index (χ0v) is 16.0. The van der Waals surface area contributed by atoms with Gasteiger partial charge in [0.05, 0.1) is 24.0 Å². The highest BCUT2D eigenvalue weighted by atomic mass is 16.5. The van der Waals surface area contributed by atoms with Crippen LogP contribution in [-0.2, 0) is 0 Å². The van der Waals surface area contributed by atoms with E-state index in [2.05, 4.69) is 10.6 Å². The van der Waals surface area contributed by atoms with E-state index in [0.29, 0.717) is 33.8 Å².